The molecular weight excluding hydrogens is 252 g/mol. The van der Waals surface area contributed by atoms with Gasteiger partial charge in [0.05, 0.1) is 0 Å². The maximum Gasteiger partial charge on any atom is 0.223 e. The molecule has 0 aromatic heterocycles. The van der Waals surface area contributed by atoms with E-state index >= 15 is 0 Å². The van der Waals surface area contributed by atoms with Crippen molar-refractivity contribution in [1.82, 2.24) is 5.32 Å². The SMILES string of the molecule is C=CCNC(=O)CCN(C(C)=O)c1ccc(CC)cc1. The van der Waals surface area contributed by atoms with Crippen molar-refractivity contribution in [3.8, 4) is 0 Å². The van der Waals surface area contributed by atoms with Crippen LogP contribution in [0.2, 0.25) is 0 Å². The largest absolute Gasteiger partial charge is 0.353 e. The highest BCUT2D eigenvalue weighted by molar-refractivity contribution is 5.92. The summed E-state index contributed by atoms with van der Waals surface area (Å²) in [5.74, 6) is -0.146. The van der Waals surface area contributed by atoms with Crippen LogP contribution in [-0.4, -0.2) is 24.9 Å². The molecule has 20 heavy (non-hydrogen) atoms. The van der Waals surface area contributed by atoms with E-state index in [4.69, 9.17) is 0 Å². The average molecular weight is 274 g/mol. The molecule has 0 aliphatic rings. The Labute approximate surface area is 120 Å². The highest BCUT2D eigenvalue weighted by atomic mass is 16.2. The minimum Gasteiger partial charge on any atom is -0.353 e. The Kier molecular flexibility index (Phi) is 6.50. The van der Waals surface area contributed by atoms with Crippen LogP contribution in [0, 0.1) is 0 Å². The summed E-state index contributed by atoms with van der Waals surface area (Å²) >= 11 is 0. The predicted octanol–water partition coefficient (Wildman–Crippen LogP) is 2.29. The van der Waals surface area contributed by atoms with Crippen molar-refractivity contribution in [2.45, 2.75) is 26.7 Å². The first-order valence-corrected chi connectivity index (χ1v) is 6.83. The van der Waals surface area contributed by atoms with E-state index in [9.17, 15) is 9.59 Å². The molecule has 0 aliphatic heterocycles. The van der Waals surface area contributed by atoms with E-state index in [1.807, 2.05) is 24.3 Å². The van der Waals surface area contributed by atoms with Crippen LogP contribution in [0.25, 0.3) is 0 Å². The summed E-state index contributed by atoms with van der Waals surface area (Å²) in [6.45, 7) is 7.96. The van der Waals surface area contributed by atoms with Gasteiger partial charge in [-0.1, -0.05) is 25.1 Å². The number of hydrogen-bond acceptors (Lipinski definition) is 2. The summed E-state index contributed by atoms with van der Waals surface area (Å²) in [7, 11) is 0. The third kappa shape index (κ3) is 4.88. The molecule has 0 saturated heterocycles. The smallest absolute Gasteiger partial charge is 0.223 e. The van der Waals surface area contributed by atoms with Crippen LogP contribution >= 0.6 is 0 Å². The van der Waals surface area contributed by atoms with E-state index in [1.54, 1.807) is 11.0 Å². The summed E-state index contributed by atoms with van der Waals surface area (Å²) in [5.41, 5.74) is 2.05. The normalized spacial score (nSPS) is 9.90. The van der Waals surface area contributed by atoms with E-state index in [1.165, 1.54) is 12.5 Å². The van der Waals surface area contributed by atoms with E-state index in [0.717, 1.165) is 12.1 Å². The van der Waals surface area contributed by atoms with E-state index in [-0.39, 0.29) is 18.2 Å². The summed E-state index contributed by atoms with van der Waals surface area (Å²) < 4.78 is 0. The highest BCUT2D eigenvalue weighted by Gasteiger charge is 2.13. The second-order valence-electron chi connectivity index (χ2n) is 4.53. The molecule has 0 radical (unpaired) electrons. The Morgan fingerprint density at radius 1 is 1.30 bits per heavy atom. The van der Waals surface area contributed by atoms with Gasteiger partial charge in [0.15, 0.2) is 0 Å². The van der Waals surface area contributed by atoms with Gasteiger partial charge in [-0.2, -0.15) is 0 Å². The van der Waals surface area contributed by atoms with Crippen LogP contribution < -0.4 is 10.2 Å². The first-order valence-electron chi connectivity index (χ1n) is 6.83. The van der Waals surface area contributed by atoms with E-state index in [0.29, 0.717) is 13.1 Å². The van der Waals surface area contributed by atoms with Crippen LogP contribution in [0.1, 0.15) is 25.8 Å². The first-order chi connectivity index (χ1) is 9.58. The molecule has 0 atom stereocenters. The standard InChI is InChI=1S/C16H22N2O2/c1-4-11-17-16(20)10-12-18(13(3)19)15-8-6-14(5-2)7-9-15/h4,6-9H,1,5,10-12H2,2-3H3,(H,17,20). The van der Waals surface area contributed by atoms with Crippen LogP contribution in [0.5, 0.6) is 0 Å². The topological polar surface area (TPSA) is 49.4 Å². The number of nitrogens with one attached hydrogen (secondary N) is 1. The highest BCUT2D eigenvalue weighted by Crippen LogP contribution is 2.16. The van der Waals surface area contributed by atoms with Crippen molar-refractivity contribution in [2.24, 2.45) is 0 Å². The van der Waals surface area contributed by atoms with Crippen molar-refractivity contribution in [3.63, 3.8) is 0 Å². The molecule has 0 unspecified atom stereocenters. The quantitative estimate of drug-likeness (QED) is 0.776. The molecule has 0 fully saturated rings. The van der Waals surface area contributed by atoms with Crippen molar-refractivity contribution in [1.29, 1.82) is 0 Å². The van der Waals surface area contributed by atoms with E-state index < -0.39 is 0 Å². The molecule has 0 aliphatic carbocycles. The zero-order chi connectivity index (χ0) is 15.0. The number of amides is 2. The maximum atomic E-state index is 11.7. The number of hydrogen-bond donors (Lipinski definition) is 1. The lowest BCUT2D eigenvalue weighted by Gasteiger charge is -2.21. The number of anilines is 1. The lowest BCUT2D eigenvalue weighted by molar-refractivity contribution is -0.120. The van der Waals surface area contributed by atoms with E-state index in [2.05, 4.69) is 18.8 Å². The number of benzene rings is 1. The third-order valence-electron chi connectivity index (χ3n) is 3.04. The molecule has 1 aromatic carbocycles. The second kappa shape index (κ2) is 8.15. The van der Waals surface area contributed by atoms with Gasteiger partial charge >= 0.3 is 0 Å². The number of carbonyl (C=O) groups is 2. The molecule has 0 bridgehead atoms. The number of nitrogens with zero attached hydrogens (tertiary/aromatic N) is 1. The summed E-state index contributed by atoms with van der Waals surface area (Å²) in [5, 5.41) is 2.70. The second-order valence-corrected chi connectivity index (χ2v) is 4.53. The molecule has 4 nitrogen and oxygen atoms in total. The molecule has 1 aromatic rings. The lowest BCUT2D eigenvalue weighted by atomic mass is 10.1. The maximum absolute atomic E-state index is 11.7. The first kappa shape index (κ1) is 16.0. The van der Waals surface area contributed by atoms with Crippen LogP contribution in [0.15, 0.2) is 36.9 Å². The minimum atomic E-state index is -0.0821. The number of carbonyl (C=O) groups excluding carboxylic acids is 2. The number of aryl methyl sites for hydroxylation is 1. The van der Waals surface area contributed by atoms with Gasteiger partial charge in [0, 0.05) is 32.1 Å². The fourth-order valence-corrected chi connectivity index (χ4v) is 1.87. The monoisotopic (exact) mass is 274 g/mol. The van der Waals surface area contributed by atoms with Gasteiger partial charge in [-0.05, 0) is 24.1 Å². The molecular formula is C16H22N2O2. The Bertz CT molecular complexity index is 466. The molecule has 0 heterocycles. The van der Waals surface area contributed by atoms with Crippen molar-refractivity contribution >= 4 is 17.5 Å². The number of rotatable bonds is 7. The van der Waals surface area contributed by atoms with Crippen molar-refractivity contribution < 1.29 is 9.59 Å². The Morgan fingerprint density at radius 3 is 2.45 bits per heavy atom. The summed E-state index contributed by atoms with van der Waals surface area (Å²) in [6, 6.07) is 7.84. The molecule has 1 rings (SSSR count). The van der Waals surface area contributed by atoms with Gasteiger partial charge in [-0.25, -0.2) is 0 Å². The molecule has 0 saturated carbocycles. The van der Waals surface area contributed by atoms with Crippen molar-refractivity contribution in [3.05, 3.63) is 42.5 Å². The van der Waals surface area contributed by atoms with Gasteiger partial charge in [-0.15, -0.1) is 6.58 Å². The Morgan fingerprint density at radius 2 is 1.95 bits per heavy atom. The van der Waals surface area contributed by atoms with Gasteiger partial charge in [0.2, 0.25) is 11.8 Å². The zero-order valence-corrected chi connectivity index (χ0v) is 12.2. The van der Waals surface area contributed by atoms with Crippen LogP contribution in [-0.2, 0) is 16.0 Å². The average Bonchev–Trinajstić information content (AvgIpc) is 2.45. The van der Waals surface area contributed by atoms with Gasteiger partial charge in [0.1, 0.15) is 0 Å². The van der Waals surface area contributed by atoms with Crippen LogP contribution in [0.3, 0.4) is 0 Å². The molecule has 4 heteroatoms. The van der Waals surface area contributed by atoms with Crippen LogP contribution in [0.4, 0.5) is 5.69 Å². The molecule has 108 valence electrons. The third-order valence-corrected chi connectivity index (χ3v) is 3.04. The van der Waals surface area contributed by atoms with Gasteiger partial charge < -0.3 is 10.2 Å². The molecule has 0 spiro atoms. The predicted molar refractivity (Wildman–Crippen MR) is 81.7 cm³/mol. The van der Waals surface area contributed by atoms with Gasteiger partial charge in [0.25, 0.3) is 0 Å². The molecule has 2 amide bonds. The summed E-state index contributed by atoms with van der Waals surface area (Å²) in [6.07, 6.45) is 2.87. The Balaban J connectivity index is 2.66. The summed E-state index contributed by atoms with van der Waals surface area (Å²) in [4.78, 5) is 24.9. The Hall–Kier alpha value is -2.10. The van der Waals surface area contributed by atoms with Gasteiger partial charge in [-0.3, -0.25) is 9.59 Å². The fraction of sp³-hybridized carbons (Fsp3) is 0.375. The van der Waals surface area contributed by atoms with Crippen molar-refractivity contribution in [2.75, 3.05) is 18.0 Å². The minimum absolute atomic E-state index is 0.0641. The fourth-order valence-electron chi connectivity index (χ4n) is 1.87. The zero-order valence-electron chi connectivity index (χ0n) is 12.2. The molecule has 1 N–H and O–H groups in total. The lowest BCUT2D eigenvalue weighted by Crippen LogP contribution is -2.33.